The summed E-state index contributed by atoms with van der Waals surface area (Å²) in [5, 5.41) is 0. The molecule has 0 N–H and O–H groups in total. The summed E-state index contributed by atoms with van der Waals surface area (Å²) in [6.07, 6.45) is 9.06. The molecule has 0 aliphatic heterocycles. The van der Waals surface area contributed by atoms with Crippen LogP contribution in [0.5, 0.6) is 0 Å². The molecule has 0 saturated carbocycles. The Balaban J connectivity index is 1.49. The van der Waals surface area contributed by atoms with E-state index in [1.165, 1.54) is 33.5 Å². The molecular weight excluding hydrogens is 362 g/mol. The van der Waals surface area contributed by atoms with Crippen LogP contribution < -0.4 is 4.90 Å². The number of hydrogen-bond acceptors (Lipinski definition) is 1. The molecule has 1 heteroatoms. The molecule has 0 saturated heterocycles. The van der Waals surface area contributed by atoms with Crippen LogP contribution in [0.1, 0.15) is 43.4 Å². The van der Waals surface area contributed by atoms with E-state index in [2.05, 4.69) is 124 Å². The van der Waals surface area contributed by atoms with Gasteiger partial charge in [-0.2, -0.15) is 0 Å². The molecule has 0 aromatic heterocycles. The van der Waals surface area contributed by atoms with Crippen molar-refractivity contribution in [3.8, 4) is 11.1 Å². The molecule has 1 aliphatic carbocycles. The Morgan fingerprint density at radius 1 is 0.867 bits per heavy atom. The average Bonchev–Trinajstić information content (AvgIpc) is 2.80. The van der Waals surface area contributed by atoms with Gasteiger partial charge in [0.15, 0.2) is 0 Å². The third-order valence-corrected chi connectivity index (χ3v) is 6.53. The fraction of sp³-hybridized carbons (Fsp3) is 0.241. The Kier molecular flexibility index (Phi) is 5.90. The second-order valence-electron chi connectivity index (χ2n) is 8.52. The van der Waals surface area contributed by atoms with Crippen LogP contribution >= 0.6 is 0 Å². The van der Waals surface area contributed by atoms with Crippen molar-refractivity contribution in [2.75, 3.05) is 11.9 Å². The van der Waals surface area contributed by atoms with Crippen LogP contribution in [-0.2, 0) is 0 Å². The van der Waals surface area contributed by atoms with E-state index in [1.54, 1.807) is 0 Å². The van der Waals surface area contributed by atoms with Gasteiger partial charge in [0.1, 0.15) is 0 Å². The van der Waals surface area contributed by atoms with Crippen LogP contribution in [0.15, 0.2) is 84.9 Å². The topological polar surface area (TPSA) is 3.24 Å². The molecule has 4 rings (SSSR count). The van der Waals surface area contributed by atoms with E-state index in [1.807, 2.05) is 6.07 Å². The minimum absolute atomic E-state index is 0.313. The van der Waals surface area contributed by atoms with Gasteiger partial charge in [0, 0.05) is 18.8 Å². The number of rotatable bonds is 5. The van der Waals surface area contributed by atoms with Gasteiger partial charge in [-0.1, -0.05) is 92.7 Å². The molecule has 0 bridgehead atoms. The van der Waals surface area contributed by atoms with Crippen molar-refractivity contribution >= 4 is 17.8 Å². The molecule has 0 radical (unpaired) electrons. The number of hydrogen-bond donors (Lipinski definition) is 0. The lowest BCUT2D eigenvalue weighted by Gasteiger charge is -2.25. The summed E-state index contributed by atoms with van der Waals surface area (Å²) >= 11 is 0. The lowest BCUT2D eigenvalue weighted by Crippen LogP contribution is -2.26. The minimum Gasteiger partial charge on any atom is -0.368 e. The molecule has 30 heavy (non-hydrogen) atoms. The summed E-state index contributed by atoms with van der Waals surface area (Å²) in [7, 11) is 2.15. The van der Waals surface area contributed by atoms with Crippen LogP contribution in [-0.4, -0.2) is 13.1 Å². The highest BCUT2D eigenvalue weighted by molar-refractivity contribution is 5.72. The maximum absolute atomic E-state index is 2.33. The fourth-order valence-electron chi connectivity index (χ4n) is 4.09. The molecule has 0 fully saturated rings. The third-order valence-electron chi connectivity index (χ3n) is 6.53. The van der Waals surface area contributed by atoms with Gasteiger partial charge < -0.3 is 4.90 Å². The number of nitrogens with zero attached hydrogens (tertiary/aromatic N) is 1. The lowest BCUT2D eigenvalue weighted by atomic mass is 9.80. The van der Waals surface area contributed by atoms with Gasteiger partial charge in [-0.05, 0) is 64.8 Å². The van der Waals surface area contributed by atoms with Gasteiger partial charge in [-0.15, -0.1) is 0 Å². The molecule has 1 nitrogen and oxygen atoms in total. The Morgan fingerprint density at radius 2 is 1.57 bits per heavy atom. The molecule has 3 aromatic carbocycles. The smallest absolute Gasteiger partial charge is 0.0444 e. The molecular formula is C29H31N. The first-order valence-corrected chi connectivity index (χ1v) is 10.9. The molecule has 0 heterocycles. The zero-order chi connectivity index (χ0) is 21.1. The highest BCUT2D eigenvalue weighted by atomic mass is 15.1. The predicted octanol–water partition coefficient (Wildman–Crippen LogP) is 7.66. The lowest BCUT2D eigenvalue weighted by molar-refractivity contribution is 0.586. The van der Waals surface area contributed by atoms with E-state index in [4.69, 9.17) is 0 Å². The largest absolute Gasteiger partial charge is 0.368 e. The number of fused-ring (bicyclic) bond motifs is 1. The van der Waals surface area contributed by atoms with Crippen LogP contribution in [0, 0.1) is 5.92 Å². The highest BCUT2D eigenvalue weighted by Gasteiger charge is 2.19. The van der Waals surface area contributed by atoms with E-state index in [-0.39, 0.29) is 0 Å². The standard InChI is InChI=1S/C29H31N/c1-21-10-13-27-20-26(16-19-29(27)23(21)3)25-14-17-28(18-15-25)30(4)22(2)11-12-24-8-6-5-7-9-24/h5-23H,1-4H3. The third kappa shape index (κ3) is 4.26. The quantitative estimate of drug-likeness (QED) is 0.430. The SMILES string of the molecule is CC1C=Cc2cc(-c3ccc(N(C)C(C)C=Cc4ccccc4)cc3)ccc2C1C. The monoisotopic (exact) mass is 393 g/mol. The van der Waals surface area contributed by atoms with E-state index < -0.39 is 0 Å². The summed E-state index contributed by atoms with van der Waals surface area (Å²) in [6.45, 7) is 6.85. The summed E-state index contributed by atoms with van der Waals surface area (Å²) in [5.41, 5.74) is 7.83. The Morgan fingerprint density at radius 3 is 2.30 bits per heavy atom. The van der Waals surface area contributed by atoms with Crippen molar-refractivity contribution in [3.05, 3.63) is 102 Å². The first kappa shape index (κ1) is 20.2. The molecule has 152 valence electrons. The summed E-state index contributed by atoms with van der Waals surface area (Å²) < 4.78 is 0. The van der Waals surface area contributed by atoms with Crippen molar-refractivity contribution in [3.63, 3.8) is 0 Å². The molecule has 1 aliphatic rings. The van der Waals surface area contributed by atoms with Gasteiger partial charge in [0.05, 0.1) is 0 Å². The van der Waals surface area contributed by atoms with E-state index in [0.29, 0.717) is 17.9 Å². The number of likely N-dealkylation sites (N-methyl/N-ethyl adjacent to an activating group) is 1. The second kappa shape index (κ2) is 8.75. The molecule has 3 aromatic rings. The molecule has 3 unspecified atom stereocenters. The normalized spacial score (nSPS) is 18.9. The number of benzene rings is 3. The molecule has 0 spiro atoms. The van der Waals surface area contributed by atoms with Crippen molar-refractivity contribution in [2.45, 2.75) is 32.7 Å². The van der Waals surface area contributed by atoms with Crippen molar-refractivity contribution in [2.24, 2.45) is 5.92 Å². The Bertz CT molecular complexity index is 1040. The fourth-order valence-corrected chi connectivity index (χ4v) is 4.09. The van der Waals surface area contributed by atoms with Gasteiger partial charge in [-0.3, -0.25) is 0 Å². The summed E-state index contributed by atoms with van der Waals surface area (Å²) in [4.78, 5) is 2.31. The van der Waals surface area contributed by atoms with Crippen molar-refractivity contribution < 1.29 is 0 Å². The van der Waals surface area contributed by atoms with Crippen molar-refractivity contribution in [1.82, 2.24) is 0 Å². The van der Waals surface area contributed by atoms with Gasteiger partial charge in [0.2, 0.25) is 0 Å². The molecule has 0 amide bonds. The van der Waals surface area contributed by atoms with Crippen LogP contribution in [0.4, 0.5) is 5.69 Å². The zero-order valence-corrected chi connectivity index (χ0v) is 18.4. The zero-order valence-electron chi connectivity index (χ0n) is 18.4. The minimum atomic E-state index is 0.313. The maximum Gasteiger partial charge on any atom is 0.0444 e. The van der Waals surface area contributed by atoms with Crippen molar-refractivity contribution in [1.29, 1.82) is 0 Å². The number of anilines is 1. The Labute approximate surface area is 181 Å². The highest BCUT2D eigenvalue weighted by Crippen LogP contribution is 2.36. The summed E-state index contributed by atoms with van der Waals surface area (Å²) in [6, 6.07) is 26.6. The second-order valence-corrected chi connectivity index (χ2v) is 8.52. The maximum atomic E-state index is 2.33. The van der Waals surface area contributed by atoms with Crippen LogP contribution in [0.25, 0.3) is 23.3 Å². The van der Waals surface area contributed by atoms with Gasteiger partial charge in [0.25, 0.3) is 0 Å². The van der Waals surface area contributed by atoms with E-state index in [0.717, 1.165) is 0 Å². The Hall–Kier alpha value is -3.06. The molecule has 3 atom stereocenters. The van der Waals surface area contributed by atoms with E-state index in [9.17, 15) is 0 Å². The first-order valence-electron chi connectivity index (χ1n) is 10.9. The van der Waals surface area contributed by atoms with Gasteiger partial charge >= 0.3 is 0 Å². The number of allylic oxidation sites excluding steroid dienone is 1. The van der Waals surface area contributed by atoms with E-state index >= 15 is 0 Å². The predicted molar refractivity (Wildman–Crippen MR) is 132 cm³/mol. The summed E-state index contributed by atoms with van der Waals surface area (Å²) in [5.74, 6) is 1.19. The van der Waals surface area contributed by atoms with Gasteiger partial charge in [-0.25, -0.2) is 0 Å². The average molecular weight is 394 g/mol. The first-order chi connectivity index (χ1) is 14.5. The van der Waals surface area contributed by atoms with Crippen LogP contribution in [0.3, 0.4) is 0 Å². The van der Waals surface area contributed by atoms with Crippen LogP contribution in [0.2, 0.25) is 0 Å².